The molecule has 0 saturated carbocycles. The average molecular weight is 243 g/mol. The lowest BCUT2D eigenvalue weighted by Gasteiger charge is -2.18. The van der Waals surface area contributed by atoms with Crippen molar-refractivity contribution < 1.29 is 0 Å². The van der Waals surface area contributed by atoms with Crippen molar-refractivity contribution in [1.29, 1.82) is 0 Å². The number of aromatic nitrogens is 2. The molecule has 0 amide bonds. The van der Waals surface area contributed by atoms with Gasteiger partial charge in [-0.1, -0.05) is 30.4 Å². The molecule has 2 aromatic rings. The van der Waals surface area contributed by atoms with Gasteiger partial charge in [0.05, 0.1) is 12.0 Å². The second kappa shape index (κ2) is 3.96. The zero-order chi connectivity index (χ0) is 11.8. The second-order valence-electron chi connectivity index (χ2n) is 4.25. The summed E-state index contributed by atoms with van der Waals surface area (Å²) >= 11 is 5.32. The summed E-state index contributed by atoms with van der Waals surface area (Å²) in [7, 11) is 2.11. The predicted molar refractivity (Wildman–Crippen MR) is 71.8 cm³/mol. The quantitative estimate of drug-likeness (QED) is 0.722. The highest BCUT2D eigenvalue weighted by Crippen LogP contribution is 2.33. The number of likely N-dealkylation sites (N-methyl/N-ethyl adjacent to an activating group) is 1. The van der Waals surface area contributed by atoms with Crippen LogP contribution in [0.15, 0.2) is 30.6 Å². The van der Waals surface area contributed by atoms with Gasteiger partial charge in [0.15, 0.2) is 0 Å². The fraction of sp³-hybridized carbons (Fsp3) is 0.231. The molecule has 1 aromatic carbocycles. The summed E-state index contributed by atoms with van der Waals surface area (Å²) < 4.78 is 0.712. The lowest BCUT2D eigenvalue weighted by Crippen LogP contribution is -2.19. The third-order valence-corrected chi connectivity index (χ3v) is 3.58. The summed E-state index contributed by atoms with van der Waals surface area (Å²) in [6.07, 6.45) is 2.62. The number of benzene rings is 1. The number of nitrogens with zero attached hydrogens (tertiary/aromatic N) is 2. The van der Waals surface area contributed by atoms with Crippen molar-refractivity contribution >= 4 is 17.9 Å². The van der Waals surface area contributed by atoms with Crippen molar-refractivity contribution in [2.45, 2.75) is 6.42 Å². The van der Waals surface area contributed by atoms with E-state index in [-0.39, 0.29) is 0 Å². The van der Waals surface area contributed by atoms with Gasteiger partial charge in [0, 0.05) is 30.4 Å². The molecule has 4 heteroatoms. The lowest BCUT2D eigenvalue weighted by molar-refractivity contribution is 0.878. The number of hydrogen-bond donors (Lipinski definition) is 1. The Bertz CT molecular complexity index is 618. The van der Waals surface area contributed by atoms with Crippen LogP contribution in [0, 0.1) is 4.64 Å². The van der Waals surface area contributed by atoms with E-state index in [4.69, 9.17) is 12.2 Å². The van der Waals surface area contributed by atoms with Gasteiger partial charge in [0.25, 0.3) is 0 Å². The van der Waals surface area contributed by atoms with Crippen molar-refractivity contribution in [3.05, 3.63) is 40.8 Å². The van der Waals surface area contributed by atoms with Crippen LogP contribution in [0.4, 0.5) is 5.69 Å². The fourth-order valence-corrected chi connectivity index (χ4v) is 2.57. The van der Waals surface area contributed by atoms with E-state index in [0.717, 1.165) is 24.2 Å². The van der Waals surface area contributed by atoms with E-state index >= 15 is 0 Å². The molecule has 3 rings (SSSR count). The van der Waals surface area contributed by atoms with Crippen LogP contribution in [0.2, 0.25) is 0 Å². The third-order valence-electron chi connectivity index (χ3n) is 3.23. The van der Waals surface area contributed by atoms with Gasteiger partial charge in [-0.2, -0.15) is 0 Å². The van der Waals surface area contributed by atoms with Crippen LogP contribution in [0.3, 0.4) is 0 Å². The summed E-state index contributed by atoms with van der Waals surface area (Å²) in [6.45, 7) is 0.965. The molecular weight excluding hydrogens is 230 g/mol. The molecule has 0 atom stereocenters. The molecule has 1 aliphatic rings. The van der Waals surface area contributed by atoms with Crippen LogP contribution in [0.1, 0.15) is 5.56 Å². The highest BCUT2D eigenvalue weighted by Gasteiger charge is 2.18. The molecule has 0 radical (unpaired) electrons. The maximum absolute atomic E-state index is 5.32. The molecule has 17 heavy (non-hydrogen) atoms. The molecule has 0 bridgehead atoms. The molecule has 0 aliphatic carbocycles. The first-order valence-electron chi connectivity index (χ1n) is 5.64. The zero-order valence-corrected chi connectivity index (χ0v) is 10.4. The van der Waals surface area contributed by atoms with Crippen LogP contribution in [-0.2, 0) is 6.42 Å². The Morgan fingerprint density at radius 2 is 2.18 bits per heavy atom. The first-order chi connectivity index (χ1) is 8.27. The highest BCUT2D eigenvalue weighted by molar-refractivity contribution is 7.71. The van der Waals surface area contributed by atoms with E-state index < -0.39 is 0 Å². The van der Waals surface area contributed by atoms with E-state index in [0.29, 0.717) is 4.64 Å². The van der Waals surface area contributed by atoms with Crippen LogP contribution in [0.5, 0.6) is 0 Å². The molecule has 0 saturated heterocycles. The summed E-state index contributed by atoms with van der Waals surface area (Å²) in [6, 6.07) is 8.39. The van der Waals surface area contributed by atoms with Gasteiger partial charge >= 0.3 is 0 Å². The van der Waals surface area contributed by atoms with Gasteiger partial charge in [-0.3, -0.25) is 0 Å². The van der Waals surface area contributed by atoms with Gasteiger partial charge < -0.3 is 9.88 Å². The minimum atomic E-state index is 0.712. The Morgan fingerprint density at radius 3 is 3.06 bits per heavy atom. The number of rotatable bonds is 0. The number of anilines is 1. The van der Waals surface area contributed by atoms with E-state index in [2.05, 4.69) is 46.2 Å². The largest absolute Gasteiger partial charge is 0.374 e. The van der Waals surface area contributed by atoms with Gasteiger partial charge in [-0.05, 0) is 12.5 Å². The van der Waals surface area contributed by atoms with Crippen LogP contribution >= 0.6 is 12.2 Å². The molecule has 2 heterocycles. The smallest absolute Gasteiger partial charge is 0.133 e. The molecule has 0 fully saturated rings. The van der Waals surface area contributed by atoms with Crippen LogP contribution < -0.4 is 4.90 Å². The Balaban J connectivity index is 2.34. The van der Waals surface area contributed by atoms with Crippen molar-refractivity contribution in [3.63, 3.8) is 0 Å². The molecule has 0 spiro atoms. The first-order valence-corrected chi connectivity index (χ1v) is 6.05. The Kier molecular flexibility index (Phi) is 2.44. The summed E-state index contributed by atoms with van der Waals surface area (Å²) in [5, 5.41) is 0. The minimum absolute atomic E-state index is 0.712. The normalized spacial score (nSPS) is 13.8. The molecule has 0 unspecified atom stereocenters. The SMILES string of the molecule is CN1CCc2c([nH]cnc2=S)-c2ccccc21. The third kappa shape index (κ3) is 1.65. The second-order valence-corrected chi connectivity index (χ2v) is 4.64. The van der Waals surface area contributed by atoms with Gasteiger partial charge in [0.1, 0.15) is 4.64 Å². The molecule has 1 aliphatic heterocycles. The van der Waals surface area contributed by atoms with Gasteiger partial charge in [0.2, 0.25) is 0 Å². The monoisotopic (exact) mass is 243 g/mol. The summed E-state index contributed by atoms with van der Waals surface area (Å²) in [5.41, 5.74) is 4.71. The van der Waals surface area contributed by atoms with E-state index in [1.807, 2.05) is 0 Å². The van der Waals surface area contributed by atoms with Crippen molar-refractivity contribution in [1.82, 2.24) is 9.97 Å². The van der Waals surface area contributed by atoms with Gasteiger partial charge in [-0.15, -0.1) is 0 Å². The Morgan fingerprint density at radius 1 is 1.35 bits per heavy atom. The number of aromatic amines is 1. The molecule has 1 N–H and O–H groups in total. The number of para-hydroxylation sites is 1. The maximum atomic E-state index is 5.32. The Hall–Kier alpha value is -1.68. The molecule has 86 valence electrons. The fourth-order valence-electron chi connectivity index (χ4n) is 2.32. The summed E-state index contributed by atoms with van der Waals surface area (Å²) in [4.78, 5) is 9.68. The lowest BCUT2D eigenvalue weighted by atomic mass is 10.1. The molecular formula is C13H13N3S. The molecule has 1 aromatic heterocycles. The highest BCUT2D eigenvalue weighted by atomic mass is 32.1. The topological polar surface area (TPSA) is 31.9 Å². The van der Waals surface area contributed by atoms with Gasteiger partial charge in [-0.25, -0.2) is 4.98 Å². The van der Waals surface area contributed by atoms with E-state index in [9.17, 15) is 0 Å². The number of hydrogen-bond acceptors (Lipinski definition) is 3. The maximum Gasteiger partial charge on any atom is 0.133 e. The zero-order valence-electron chi connectivity index (χ0n) is 9.60. The number of nitrogens with one attached hydrogen (secondary N) is 1. The predicted octanol–water partition coefficient (Wildman–Crippen LogP) is 2.80. The van der Waals surface area contributed by atoms with Crippen molar-refractivity contribution in [2.24, 2.45) is 0 Å². The van der Waals surface area contributed by atoms with Crippen LogP contribution in [-0.4, -0.2) is 23.6 Å². The minimum Gasteiger partial charge on any atom is -0.374 e. The van der Waals surface area contributed by atoms with E-state index in [1.165, 1.54) is 11.3 Å². The molecule has 3 nitrogen and oxygen atoms in total. The first kappa shape index (κ1) is 10.5. The van der Waals surface area contributed by atoms with E-state index in [1.54, 1.807) is 6.33 Å². The average Bonchev–Trinajstić information content (AvgIpc) is 2.50. The number of H-pyrrole nitrogens is 1. The summed E-state index contributed by atoms with van der Waals surface area (Å²) in [5.74, 6) is 0. The number of fused-ring (bicyclic) bond motifs is 3. The standard InChI is InChI=1S/C13H13N3S/c1-16-7-6-10-12(14-8-15-13(10)17)9-4-2-3-5-11(9)16/h2-5,8H,6-7H2,1H3,(H,14,15,17). The van der Waals surface area contributed by atoms with Crippen LogP contribution in [0.25, 0.3) is 11.3 Å². The van der Waals surface area contributed by atoms with Crippen molar-refractivity contribution in [2.75, 3.05) is 18.5 Å². The van der Waals surface area contributed by atoms with Crippen molar-refractivity contribution in [3.8, 4) is 11.3 Å². The Labute approximate surface area is 105 Å².